The van der Waals surface area contributed by atoms with E-state index < -0.39 is 0 Å². The summed E-state index contributed by atoms with van der Waals surface area (Å²) in [6.45, 7) is 1.32. The van der Waals surface area contributed by atoms with Gasteiger partial charge in [-0.2, -0.15) is 0 Å². The van der Waals surface area contributed by atoms with Gasteiger partial charge in [-0.05, 0) is 12.8 Å². The van der Waals surface area contributed by atoms with E-state index in [-0.39, 0.29) is 11.8 Å². The summed E-state index contributed by atoms with van der Waals surface area (Å²) in [7, 11) is 0. The van der Waals surface area contributed by atoms with Gasteiger partial charge in [0, 0.05) is 6.04 Å². The van der Waals surface area contributed by atoms with Crippen LogP contribution in [0.3, 0.4) is 0 Å². The Balaban J connectivity index is 1.76. The van der Waals surface area contributed by atoms with Crippen molar-refractivity contribution in [2.45, 2.75) is 18.9 Å². The van der Waals surface area contributed by atoms with Crippen LogP contribution in [0.1, 0.15) is 12.8 Å². The summed E-state index contributed by atoms with van der Waals surface area (Å²) in [4.78, 5) is 11.4. The van der Waals surface area contributed by atoms with Crippen LogP contribution in [0, 0.1) is 5.92 Å². The summed E-state index contributed by atoms with van der Waals surface area (Å²) in [5.74, 6) is -0.0171. The van der Waals surface area contributed by atoms with Crippen molar-refractivity contribution in [2.24, 2.45) is 5.92 Å². The van der Waals surface area contributed by atoms with Crippen molar-refractivity contribution in [3.8, 4) is 0 Å². The summed E-state index contributed by atoms with van der Waals surface area (Å²) in [6.07, 6.45) is 2.25. The molecular formula is C8H13NO3. The van der Waals surface area contributed by atoms with Crippen molar-refractivity contribution < 1.29 is 14.3 Å². The van der Waals surface area contributed by atoms with Crippen molar-refractivity contribution in [3.63, 3.8) is 0 Å². The summed E-state index contributed by atoms with van der Waals surface area (Å²) < 4.78 is 10.0. The van der Waals surface area contributed by atoms with Crippen molar-refractivity contribution in [1.29, 1.82) is 0 Å². The summed E-state index contributed by atoms with van der Waals surface area (Å²) >= 11 is 0. The highest BCUT2D eigenvalue weighted by atomic mass is 16.7. The minimum absolute atomic E-state index is 0.0807. The minimum atomic E-state index is -0.0978. The van der Waals surface area contributed by atoms with Gasteiger partial charge in [0.2, 0.25) is 5.91 Å². The first-order valence-electron chi connectivity index (χ1n) is 4.32. The Kier molecular flexibility index (Phi) is 2.28. The van der Waals surface area contributed by atoms with Crippen molar-refractivity contribution >= 4 is 5.91 Å². The van der Waals surface area contributed by atoms with Crippen molar-refractivity contribution in [2.75, 3.05) is 20.0 Å². The lowest BCUT2D eigenvalue weighted by Crippen LogP contribution is -2.39. The molecule has 1 aliphatic heterocycles. The number of amides is 1. The SMILES string of the molecule is O=C(NC1CC1)C1COCOC1. The number of carbonyl (C=O) groups excluding carboxylic acids is 1. The molecule has 4 nitrogen and oxygen atoms in total. The Hall–Kier alpha value is -0.610. The summed E-state index contributed by atoms with van der Waals surface area (Å²) in [5.41, 5.74) is 0. The zero-order valence-corrected chi connectivity index (χ0v) is 6.91. The molecule has 1 saturated carbocycles. The molecule has 1 N–H and O–H groups in total. The molecule has 1 heterocycles. The van der Waals surface area contributed by atoms with Gasteiger partial charge in [0.15, 0.2) is 0 Å². The minimum Gasteiger partial charge on any atom is -0.355 e. The van der Waals surface area contributed by atoms with E-state index in [1.807, 2.05) is 0 Å². The summed E-state index contributed by atoms with van der Waals surface area (Å²) in [6, 6.07) is 0.430. The highest BCUT2D eigenvalue weighted by Crippen LogP contribution is 2.19. The second-order valence-corrected chi connectivity index (χ2v) is 3.34. The first-order valence-corrected chi connectivity index (χ1v) is 4.32. The number of hydrogen-bond acceptors (Lipinski definition) is 3. The number of nitrogens with one attached hydrogen (secondary N) is 1. The van der Waals surface area contributed by atoms with Crippen LogP contribution in [0.4, 0.5) is 0 Å². The lowest BCUT2D eigenvalue weighted by atomic mass is 10.1. The first-order chi connectivity index (χ1) is 5.86. The molecule has 0 aromatic carbocycles. The second kappa shape index (κ2) is 3.41. The van der Waals surface area contributed by atoms with Crippen LogP contribution in [-0.2, 0) is 14.3 Å². The predicted molar refractivity (Wildman–Crippen MR) is 41.4 cm³/mol. The fourth-order valence-electron chi connectivity index (χ4n) is 1.19. The van der Waals surface area contributed by atoms with Gasteiger partial charge in [0.25, 0.3) is 0 Å². The lowest BCUT2D eigenvalue weighted by molar-refractivity contribution is -0.151. The molecule has 12 heavy (non-hydrogen) atoms. The maximum Gasteiger partial charge on any atom is 0.228 e. The Morgan fingerprint density at radius 2 is 1.92 bits per heavy atom. The zero-order chi connectivity index (χ0) is 8.39. The molecule has 0 aromatic heterocycles. The highest BCUT2D eigenvalue weighted by Gasteiger charge is 2.28. The van der Waals surface area contributed by atoms with E-state index >= 15 is 0 Å². The number of rotatable bonds is 2. The Morgan fingerprint density at radius 1 is 1.25 bits per heavy atom. The van der Waals surface area contributed by atoms with Crippen LogP contribution < -0.4 is 5.32 Å². The van der Waals surface area contributed by atoms with Gasteiger partial charge in [-0.15, -0.1) is 0 Å². The average Bonchev–Trinajstić information content (AvgIpc) is 2.90. The van der Waals surface area contributed by atoms with E-state index in [1.165, 1.54) is 0 Å². The van der Waals surface area contributed by atoms with E-state index in [0.717, 1.165) is 12.8 Å². The van der Waals surface area contributed by atoms with Crippen LogP contribution in [0.2, 0.25) is 0 Å². The molecule has 2 rings (SSSR count). The monoisotopic (exact) mass is 171 g/mol. The molecule has 0 bridgehead atoms. The van der Waals surface area contributed by atoms with Crippen molar-refractivity contribution in [3.05, 3.63) is 0 Å². The topological polar surface area (TPSA) is 47.6 Å². The predicted octanol–water partition coefficient (Wildman–Crippen LogP) is -0.115. The van der Waals surface area contributed by atoms with Crippen LogP contribution in [-0.4, -0.2) is 32.0 Å². The van der Waals surface area contributed by atoms with Gasteiger partial charge in [0.1, 0.15) is 6.79 Å². The summed E-state index contributed by atoms with van der Waals surface area (Å²) in [5, 5.41) is 2.92. The molecule has 1 saturated heterocycles. The molecule has 1 amide bonds. The van der Waals surface area contributed by atoms with Gasteiger partial charge in [-0.25, -0.2) is 0 Å². The molecule has 0 atom stereocenters. The molecule has 0 aromatic rings. The van der Waals surface area contributed by atoms with Crippen molar-refractivity contribution in [1.82, 2.24) is 5.32 Å². The largest absolute Gasteiger partial charge is 0.355 e. The normalized spacial score (nSPS) is 25.3. The maximum atomic E-state index is 11.4. The van der Waals surface area contributed by atoms with E-state index in [4.69, 9.17) is 9.47 Å². The van der Waals surface area contributed by atoms with Gasteiger partial charge in [-0.3, -0.25) is 4.79 Å². The maximum absolute atomic E-state index is 11.4. The molecule has 0 unspecified atom stereocenters. The lowest BCUT2D eigenvalue weighted by Gasteiger charge is -2.21. The molecule has 68 valence electrons. The Bertz CT molecular complexity index is 173. The molecule has 4 heteroatoms. The quantitative estimate of drug-likeness (QED) is 0.630. The molecular weight excluding hydrogens is 158 g/mol. The molecule has 2 fully saturated rings. The van der Waals surface area contributed by atoms with E-state index in [0.29, 0.717) is 26.0 Å². The zero-order valence-electron chi connectivity index (χ0n) is 6.91. The third-order valence-electron chi connectivity index (χ3n) is 2.10. The number of hydrogen-bond donors (Lipinski definition) is 1. The van der Waals surface area contributed by atoms with E-state index in [2.05, 4.69) is 5.32 Å². The standard InChI is InChI=1S/C8H13NO3/c10-8(9-7-1-2-7)6-3-11-5-12-4-6/h6-7H,1-5H2,(H,9,10). The van der Waals surface area contributed by atoms with E-state index in [1.54, 1.807) is 0 Å². The van der Waals surface area contributed by atoms with E-state index in [9.17, 15) is 4.79 Å². The number of ether oxygens (including phenoxy) is 2. The second-order valence-electron chi connectivity index (χ2n) is 3.34. The van der Waals surface area contributed by atoms with Gasteiger partial charge in [-0.1, -0.05) is 0 Å². The molecule has 2 aliphatic rings. The molecule has 0 radical (unpaired) electrons. The average molecular weight is 171 g/mol. The Morgan fingerprint density at radius 3 is 2.50 bits per heavy atom. The first kappa shape index (κ1) is 8.01. The highest BCUT2D eigenvalue weighted by molar-refractivity contribution is 5.79. The third-order valence-corrected chi connectivity index (χ3v) is 2.10. The Labute approximate surface area is 71.2 Å². The van der Waals surface area contributed by atoms with Gasteiger partial charge in [0.05, 0.1) is 19.1 Å². The fraction of sp³-hybridized carbons (Fsp3) is 0.875. The number of carbonyl (C=O) groups is 1. The molecule has 0 spiro atoms. The van der Waals surface area contributed by atoms with Crippen LogP contribution in [0.25, 0.3) is 0 Å². The van der Waals surface area contributed by atoms with Gasteiger partial charge >= 0.3 is 0 Å². The third kappa shape index (κ3) is 1.95. The smallest absolute Gasteiger partial charge is 0.228 e. The van der Waals surface area contributed by atoms with Crippen LogP contribution in [0.5, 0.6) is 0 Å². The molecule has 1 aliphatic carbocycles. The van der Waals surface area contributed by atoms with Crippen LogP contribution >= 0.6 is 0 Å². The van der Waals surface area contributed by atoms with Crippen LogP contribution in [0.15, 0.2) is 0 Å². The van der Waals surface area contributed by atoms with Gasteiger partial charge < -0.3 is 14.8 Å². The fourth-order valence-corrected chi connectivity index (χ4v) is 1.19.